The van der Waals surface area contributed by atoms with E-state index in [1.807, 2.05) is 30.3 Å². The molecule has 30 heavy (non-hydrogen) atoms. The third-order valence-corrected chi connectivity index (χ3v) is 6.27. The van der Waals surface area contributed by atoms with Gasteiger partial charge >= 0.3 is 6.09 Å². The average Bonchev–Trinajstić information content (AvgIpc) is 3.18. The Morgan fingerprint density at radius 1 is 1.13 bits per heavy atom. The molecule has 4 rings (SSSR count). The molecule has 0 spiro atoms. The van der Waals surface area contributed by atoms with Crippen molar-refractivity contribution in [2.75, 3.05) is 13.1 Å². The first-order valence-corrected chi connectivity index (χ1v) is 10.6. The van der Waals surface area contributed by atoms with Crippen molar-refractivity contribution < 1.29 is 14.6 Å². The maximum Gasteiger partial charge on any atom is 0.407 e. The van der Waals surface area contributed by atoms with E-state index < -0.39 is 6.09 Å². The number of ether oxygens (including phenoxy) is 1. The van der Waals surface area contributed by atoms with Gasteiger partial charge < -0.3 is 15.2 Å². The van der Waals surface area contributed by atoms with Gasteiger partial charge in [-0.1, -0.05) is 42.5 Å². The molecule has 0 bridgehead atoms. The van der Waals surface area contributed by atoms with Crippen molar-refractivity contribution in [1.29, 1.82) is 5.26 Å². The predicted molar refractivity (Wildman–Crippen MR) is 114 cm³/mol. The maximum absolute atomic E-state index is 12.3. The number of para-hydroxylation sites is 1. The highest BCUT2D eigenvalue weighted by atomic mass is 16.5. The number of benzene rings is 2. The van der Waals surface area contributed by atoms with Gasteiger partial charge in [0.25, 0.3) is 0 Å². The van der Waals surface area contributed by atoms with E-state index in [-0.39, 0.29) is 24.1 Å². The first-order chi connectivity index (χ1) is 14.7. The molecule has 3 unspecified atom stereocenters. The smallest absolute Gasteiger partial charge is 0.407 e. The third-order valence-electron chi connectivity index (χ3n) is 6.27. The lowest BCUT2D eigenvalue weighted by molar-refractivity contribution is 0.0468. The SMILES string of the molecule is N#Cc1ccccc1OC1CC(c2ccccc2)CC1N(C(=O)O)[C@@H]1CCCNC1. The topological polar surface area (TPSA) is 85.6 Å². The van der Waals surface area contributed by atoms with Gasteiger partial charge in [-0.2, -0.15) is 5.26 Å². The lowest BCUT2D eigenvalue weighted by atomic mass is 9.97. The average molecular weight is 405 g/mol. The molecule has 2 fully saturated rings. The van der Waals surface area contributed by atoms with Crippen LogP contribution in [0.2, 0.25) is 0 Å². The monoisotopic (exact) mass is 405 g/mol. The molecule has 2 aliphatic rings. The molecule has 156 valence electrons. The summed E-state index contributed by atoms with van der Waals surface area (Å²) in [6.07, 6.45) is 2.05. The van der Waals surface area contributed by atoms with Crippen LogP contribution in [0.1, 0.15) is 42.7 Å². The van der Waals surface area contributed by atoms with Crippen molar-refractivity contribution in [2.24, 2.45) is 0 Å². The van der Waals surface area contributed by atoms with Crippen LogP contribution in [-0.4, -0.2) is 47.4 Å². The molecular weight excluding hydrogens is 378 g/mol. The number of amides is 1. The van der Waals surface area contributed by atoms with E-state index in [4.69, 9.17) is 4.74 Å². The predicted octanol–water partition coefficient (Wildman–Crippen LogP) is 3.98. The number of nitrogens with one attached hydrogen (secondary N) is 1. The van der Waals surface area contributed by atoms with Gasteiger partial charge in [0.2, 0.25) is 0 Å². The fourth-order valence-electron chi connectivity index (χ4n) is 4.86. The normalized spacial score (nSPS) is 26.0. The van der Waals surface area contributed by atoms with E-state index >= 15 is 0 Å². The minimum absolute atomic E-state index is 0.0620. The Bertz CT molecular complexity index is 905. The number of hydrogen-bond donors (Lipinski definition) is 2. The van der Waals surface area contributed by atoms with Crippen LogP contribution in [0.5, 0.6) is 5.75 Å². The summed E-state index contributed by atoms with van der Waals surface area (Å²) >= 11 is 0. The molecule has 6 nitrogen and oxygen atoms in total. The molecule has 1 aliphatic heterocycles. The molecule has 6 heteroatoms. The van der Waals surface area contributed by atoms with Gasteiger partial charge in [0, 0.05) is 12.6 Å². The van der Waals surface area contributed by atoms with Gasteiger partial charge in [0.1, 0.15) is 17.9 Å². The van der Waals surface area contributed by atoms with Crippen molar-refractivity contribution in [3.63, 3.8) is 0 Å². The zero-order valence-electron chi connectivity index (χ0n) is 16.9. The first-order valence-electron chi connectivity index (χ1n) is 10.6. The van der Waals surface area contributed by atoms with Crippen LogP contribution in [-0.2, 0) is 0 Å². The van der Waals surface area contributed by atoms with Crippen molar-refractivity contribution in [3.8, 4) is 11.8 Å². The van der Waals surface area contributed by atoms with Crippen molar-refractivity contribution in [2.45, 2.75) is 49.8 Å². The molecule has 0 aromatic heterocycles. The molecule has 2 aromatic carbocycles. The summed E-state index contributed by atoms with van der Waals surface area (Å²) in [5, 5.41) is 22.9. The Hall–Kier alpha value is -3.04. The Balaban J connectivity index is 1.64. The van der Waals surface area contributed by atoms with Gasteiger partial charge in [-0.3, -0.25) is 4.90 Å². The van der Waals surface area contributed by atoms with Gasteiger partial charge in [-0.25, -0.2) is 4.79 Å². The van der Waals surface area contributed by atoms with E-state index in [0.29, 0.717) is 24.3 Å². The molecule has 1 aliphatic carbocycles. The summed E-state index contributed by atoms with van der Waals surface area (Å²) in [5.74, 6) is 0.740. The number of nitriles is 1. The zero-order valence-corrected chi connectivity index (χ0v) is 16.9. The second kappa shape index (κ2) is 9.19. The third kappa shape index (κ3) is 4.27. The number of piperidine rings is 1. The lowest BCUT2D eigenvalue weighted by Gasteiger charge is -2.39. The van der Waals surface area contributed by atoms with Crippen LogP contribution in [0.25, 0.3) is 0 Å². The molecule has 1 heterocycles. The summed E-state index contributed by atoms with van der Waals surface area (Å²) in [6, 6.07) is 19.2. The fraction of sp³-hybridized carbons (Fsp3) is 0.417. The summed E-state index contributed by atoms with van der Waals surface area (Å²) in [7, 11) is 0. The van der Waals surface area contributed by atoms with E-state index in [1.54, 1.807) is 17.0 Å². The van der Waals surface area contributed by atoms with Gasteiger partial charge in [0.15, 0.2) is 0 Å². The first kappa shape index (κ1) is 20.2. The summed E-state index contributed by atoms with van der Waals surface area (Å²) < 4.78 is 6.34. The van der Waals surface area contributed by atoms with Gasteiger partial charge in [-0.15, -0.1) is 0 Å². The minimum Gasteiger partial charge on any atom is -0.487 e. The second-order valence-corrected chi connectivity index (χ2v) is 8.10. The minimum atomic E-state index is -0.899. The molecule has 0 radical (unpaired) electrons. The van der Waals surface area contributed by atoms with Crippen LogP contribution < -0.4 is 10.1 Å². The highest BCUT2D eigenvalue weighted by Gasteiger charge is 2.44. The van der Waals surface area contributed by atoms with Gasteiger partial charge in [-0.05, 0) is 55.8 Å². The van der Waals surface area contributed by atoms with Gasteiger partial charge in [0.05, 0.1) is 11.6 Å². The molecule has 4 atom stereocenters. The van der Waals surface area contributed by atoms with Crippen LogP contribution in [0.15, 0.2) is 54.6 Å². The van der Waals surface area contributed by atoms with Crippen LogP contribution in [0, 0.1) is 11.3 Å². The largest absolute Gasteiger partial charge is 0.487 e. The van der Waals surface area contributed by atoms with E-state index in [2.05, 4.69) is 23.5 Å². The molecule has 1 saturated heterocycles. The quantitative estimate of drug-likeness (QED) is 0.786. The zero-order chi connectivity index (χ0) is 20.9. The molecule has 2 aromatic rings. The van der Waals surface area contributed by atoms with Crippen LogP contribution >= 0.6 is 0 Å². The number of carboxylic acid groups (broad SMARTS) is 1. The Kier molecular flexibility index (Phi) is 6.20. The molecule has 2 N–H and O–H groups in total. The van der Waals surface area contributed by atoms with Crippen LogP contribution in [0.3, 0.4) is 0 Å². The molecular formula is C24H27N3O3. The van der Waals surface area contributed by atoms with Crippen molar-refractivity contribution >= 4 is 6.09 Å². The van der Waals surface area contributed by atoms with Crippen LogP contribution in [0.4, 0.5) is 4.79 Å². The highest BCUT2D eigenvalue weighted by molar-refractivity contribution is 5.66. The standard InChI is InChI=1S/C24H27N3O3/c25-15-18-9-4-5-11-22(18)30-23-14-19(17-7-2-1-3-8-17)13-21(23)27(24(28)29)20-10-6-12-26-16-20/h1-5,7-9,11,19-21,23,26H,6,10,12-14,16H2,(H,28,29)/t19?,20-,21?,23?/m1/s1. The Labute approximate surface area is 177 Å². The number of carbonyl (C=O) groups is 1. The van der Waals surface area contributed by atoms with E-state index in [1.165, 1.54) is 5.56 Å². The summed E-state index contributed by atoms with van der Waals surface area (Å²) in [4.78, 5) is 14.0. The lowest BCUT2D eigenvalue weighted by Crippen LogP contribution is -2.55. The highest BCUT2D eigenvalue weighted by Crippen LogP contribution is 2.40. The molecule has 1 amide bonds. The number of nitrogens with zero attached hydrogens (tertiary/aromatic N) is 2. The van der Waals surface area contributed by atoms with E-state index in [0.717, 1.165) is 25.8 Å². The number of hydrogen-bond acceptors (Lipinski definition) is 4. The van der Waals surface area contributed by atoms with Crippen molar-refractivity contribution in [1.82, 2.24) is 10.2 Å². The molecule has 1 saturated carbocycles. The summed E-state index contributed by atoms with van der Waals surface area (Å²) in [5.41, 5.74) is 1.68. The second-order valence-electron chi connectivity index (χ2n) is 8.10. The Morgan fingerprint density at radius 2 is 1.90 bits per heavy atom. The van der Waals surface area contributed by atoms with E-state index in [9.17, 15) is 15.2 Å². The van der Waals surface area contributed by atoms with Crippen molar-refractivity contribution in [3.05, 3.63) is 65.7 Å². The summed E-state index contributed by atoms with van der Waals surface area (Å²) in [6.45, 7) is 1.59. The fourth-order valence-corrected chi connectivity index (χ4v) is 4.86. The number of rotatable bonds is 5. The maximum atomic E-state index is 12.3. The Morgan fingerprint density at radius 3 is 2.60 bits per heavy atom.